The van der Waals surface area contributed by atoms with Crippen molar-refractivity contribution in [2.75, 3.05) is 239 Å². The van der Waals surface area contributed by atoms with Gasteiger partial charge in [0.05, 0.1) is 112 Å². The Morgan fingerprint density at radius 1 is 0.390 bits per heavy atom. The summed E-state index contributed by atoms with van der Waals surface area (Å²) in [4.78, 5) is 64.6. The molecule has 118 heavy (non-hydrogen) atoms. The summed E-state index contributed by atoms with van der Waals surface area (Å²) in [6, 6.07) is 9.60. The number of nitrogens with two attached hydrogens (primary N) is 1. The van der Waals surface area contributed by atoms with E-state index in [1.807, 2.05) is 42.5 Å². The number of aliphatic hydroxyl groups is 4. The van der Waals surface area contributed by atoms with Crippen LogP contribution in [-0.2, 0) is 116 Å². The summed E-state index contributed by atoms with van der Waals surface area (Å²) in [5.74, 6) is -1.73. The van der Waals surface area contributed by atoms with E-state index in [4.69, 9.17) is 111 Å². The maximum Gasteiger partial charge on any atom is 1.00 e. The summed E-state index contributed by atoms with van der Waals surface area (Å²) < 4.78 is 83.7. The molecule has 0 aliphatic rings. The van der Waals surface area contributed by atoms with E-state index in [9.17, 15) is 28.8 Å². The molecule has 0 aliphatic heterocycles. The Kier molecular flexibility index (Phi) is 141. The molecule has 0 fully saturated rings. The fourth-order valence-corrected chi connectivity index (χ4v) is 9.19. The molecule has 1 aromatic carbocycles. The molecule has 0 radical (unpaired) electrons. The van der Waals surface area contributed by atoms with Crippen molar-refractivity contribution in [1.82, 2.24) is 0 Å². The zero-order valence-corrected chi connectivity index (χ0v) is 75.1. The van der Waals surface area contributed by atoms with Gasteiger partial charge in [0.15, 0.2) is 23.3 Å². The van der Waals surface area contributed by atoms with Gasteiger partial charge in [-0.1, -0.05) is 72.9 Å². The van der Waals surface area contributed by atoms with Crippen LogP contribution in [0.1, 0.15) is 97.9 Å². The van der Waals surface area contributed by atoms with E-state index in [0.29, 0.717) is 110 Å². The molecule has 1 rings (SSSR count). The van der Waals surface area contributed by atoms with E-state index < -0.39 is 29.8 Å². The molecule has 30 nitrogen and oxygen atoms in total. The number of ether oxygens (including phenoxy) is 17. The Bertz CT molecular complexity index is 2180. The number of aldehydes is 1. The zero-order chi connectivity index (χ0) is 90.5. The number of benzene rings is 1. The second-order valence-corrected chi connectivity index (χ2v) is 25.1. The van der Waals surface area contributed by atoms with Gasteiger partial charge in [-0.25, -0.2) is 4.79 Å². The van der Waals surface area contributed by atoms with Crippen LogP contribution >= 0.6 is 0 Å². The third-order valence-electron chi connectivity index (χ3n) is 14.6. The Morgan fingerprint density at radius 3 is 0.941 bits per heavy atom. The number of carboxylic acids is 2. The number of carbonyl (C=O) groups is 6. The molecule has 692 valence electrons. The van der Waals surface area contributed by atoms with Gasteiger partial charge < -0.3 is 123 Å². The number of hydrogen-bond donors (Lipinski definition) is 7. The maximum absolute atomic E-state index is 11.5. The minimum Gasteiger partial charge on any atom is -1.00 e. The number of hydrogen-bond acceptors (Lipinski definition) is 28. The van der Waals surface area contributed by atoms with Gasteiger partial charge in [-0.15, -0.1) is 39.5 Å². The Balaban J connectivity index is -0.0000000960. The van der Waals surface area contributed by atoms with Gasteiger partial charge in [-0.2, -0.15) is 0 Å². The first kappa shape index (κ1) is 139. The van der Waals surface area contributed by atoms with Crippen molar-refractivity contribution in [3.8, 4) is 0 Å². The first-order chi connectivity index (χ1) is 55.9. The van der Waals surface area contributed by atoms with Crippen molar-refractivity contribution >= 4 is 53.5 Å². The number of esters is 3. The van der Waals surface area contributed by atoms with Crippen LogP contribution in [0, 0.1) is 59.2 Å². The standard InChI is InChI=1S/C16H22O4.C10H16O4.C9H18O4.2C8H16O2.C7H14O4.C7H14O3.2C7H14O2.C6H12O2.CH5N.Al.Li.4H/c1-18-11-15(12-19-2)9-6-10-16(17)20-13-14-7-4-3-5-8-14;1-4-7-8(9(11)13-5-2)10(12)14-6-3;1-12-6-8(7-13-2)4-3-5-9(10)11;2*1-4-5-8(6-9-2)7-10-3;1-10-4-6(5-11-2)3-7(8)9;1-9-5-7(3-4-8)6-10-2;2*1-3-4-7(5-8)6-9-2;1-2-3-6(4-7)5-8;1-2;;;;;;/h3-8,10,15H,9,11-13H2,1-2H3;4,8H,1,5-7H2,2-3H3;8H,3-7H2,1-2H3,(H,10,11);2*4,8H,1,5-7H2,2-3H3;6H,3-5H2,1-2H3,(H,8,9);4,7H,3,5-6H2,1-2H3;2*3,7-8H,1,4-6H2,2H3;2,6-8H,1,3-5H2;2H2,1H3;;;;;;/q;;;;;;;;;;;;+1;;;;-1/b10-6+;;;;;;;;;;;;;;;;. The monoisotopic (exact) mass is 1710 g/mol. The van der Waals surface area contributed by atoms with E-state index in [0.717, 1.165) is 76.8 Å². The minimum absolute atomic E-state index is 0. The normalized spacial score (nSPS) is 10.5. The number of aliphatic hydroxyl groups excluding tert-OH is 4. The number of carbonyl (C=O) groups excluding carboxylic acids is 4. The quantitative estimate of drug-likeness (QED) is 0.00732. The summed E-state index contributed by atoms with van der Waals surface area (Å²) in [6.45, 7) is 34.8. The number of rotatable bonds is 61. The average Bonchev–Trinajstić information content (AvgIpc) is 0.905. The van der Waals surface area contributed by atoms with E-state index in [1.54, 1.807) is 138 Å². The molecule has 0 saturated carbocycles. The van der Waals surface area contributed by atoms with Crippen LogP contribution in [-0.4, -0.2) is 323 Å². The van der Waals surface area contributed by atoms with Crippen LogP contribution in [0.2, 0.25) is 0 Å². The molecule has 2 atom stereocenters. The van der Waals surface area contributed by atoms with E-state index >= 15 is 0 Å². The van der Waals surface area contributed by atoms with Crippen LogP contribution in [0.15, 0.2) is 118 Å². The maximum atomic E-state index is 11.5. The van der Waals surface area contributed by atoms with Crippen LogP contribution in [0.4, 0.5) is 0 Å². The Hall–Kier alpha value is -5.21. The van der Waals surface area contributed by atoms with Crippen molar-refractivity contribution in [1.29, 1.82) is 0 Å². The predicted octanol–water partition coefficient (Wildman–Crippen LogP) is 6.14. The largest absolute Gasteiger partial charge is 1.00 e. The summed E-state index contributed by atoms with van der Waals surface area (Å²) in [7, 11) is 24.5. The molecule has 0 heterocycles. The average molecular weight is 1710 g/mol. The second kappa shape index (κ2) is 120. The molecule has 1 aromatic rings. The van der Waals surface area contributed by atoms with E-state index in [-0.39, 0.29) is 138 Å². The third kappa shape index (κ3) is 113. The van der Waals surface area contributed by atoms with Gasteiger partial charge in [0.25, 0.3) is 0 Å². The molecular formula is C86H165AlLiNO29. The molecular weight excluding hydrogens is 1540 g/mol. The smallest absolute Gasteiger partial charge is 1.00 e. The Morgan fingerprint density at radius 2 is 0.669 bits per heavy atom. The molecule has 0 aliphatic carbocycles. The van der Waals surface area contributed by atoms with Crippen molar-refractivity contribution in [3.63, 3.8) is 0 Å². The van der Waals surface area contributed by atoms with Crippen molar-refractivity contribution in [3.05, 3.63) is 124 Å². The zero-order valence-electron chi connectivity index (χ0n) is 76.1. The SMILES string of the molecule is C=CCC(C(=O)OCC)C(=O)OCC.C=CCC(CO)CO.C=CCC(CO)COC.C=CCC(CO)COC.C=CCC(COC)COC.C=CCC(COC)COC.CN.COCC(C/C=C/C(=O)OCc1ccccc1)COC.COCC(CC=O)COC.COCC(CCCC(=O)O)COC.COCC(COC)CC(=O)O.[AlH3].[H-].[Li+]. The fourth-order valence-electron chi connectivity index (χ4n) is 9.19. The van der Waals surface area contributed by atoms with E-state index in [2.05, 4.69) is 45.2 Å². The molecule has 0 bridgehead atoms. The van der Waals surface area contributed by atoms with Gasteiger partial charge in [-0.3, -0.25) is 19.2 Å². The second-order valence-electron chi connectivity index (χ2n) is 25.1. The van der Waals surface area contributed by atoms with Gasteiger partial charge in [0.1, 0.15) is 12.9 Å². The van der Waals surface area contributed by atoms with Gasteiger partial charge in [-0.05, 0) is 84.2 Å². The Labute approximate surface area is 735 Å². The molecule has 0 aromatic heterocycles. The first-order valence-electron chi connectivity index (χ1n) is 38.5. The van der Waals surface area contributed by atoms with E-state index in [1.165, 1.54) is 19.2 Å². The summed E-state index contributed by atoms with van der Waals surface area (Å²) in [6.07, 6.45) is 22.3. The number of carboxylic acid groups (broad SMARTS) is 2. The van der Waals surface area contributed by atoms with Gasteiger partial charge in [0.2, 0.25) is 0 Å². The minimum atomic E-state index is -0.868. The molecule has 8 N–H and O–H groups in total. The summed E-state index contributed by atoms with van der Waals surface area (Å²) in [5, 5.41) is 51.1. The molecule has 2 unspecified atom stereocenters. The number of methoxy groups -OCH3 is 14. The first-order valence-corrected chi connectivity index (χ1v) is 38.5. The van der Waals surface area contributed by atoms with Crippen LogP contribution < -0.4 is 24.6 Å². The van der Waals surface area contributed by atoms with Crippen LogP contribution in [0.5, 0.6) is 0 Å². The molecule has 0 spiro atoms. The van der Waals surface area contributed by atoms with Gasteiger partial charge in [0, 0.05) is 198 Å². The fraction of sp³-hybridized carbons (Fsp3) is 0.698. The van der Waals surface area contributed by atoms with Crippen LogP contribution in [0.25, 0.3) is 0 Å². The third-order valence-corrected chi connectivity index (χ3v) is 14.6. The van der Waals surface area contributed by atoms with Crippen molar-refractivity contribution < 1.29 is 160 Å². The summed E-state index contributed by atoms with van der Waals surface area (Å²) >= 11 is 0. The predicted molar refractivity (Wildman–Crippen MR) is 467 cm³/mol. The van der Waals surface area contributed by atoms with Crippen LogP contribution in [0.3, 0.4) is 0 Å². The molecule has 0 amide bonds. The van der Waals surface area contributed by atoms with Gasteiger partial charge >= 0.3 is 48.7 Å². The number of allylic oxidation sites excluding steroid dienone is 7. The topological polar surface area (TPSA) is 407 Å². The summed E-state index contributed by atoms with van der Waals surface area (Å²) in [5.41, 5.74) is 5.48. The van der Waals surface area contributed by atoms with Crippen molar-refractivity contribution in [2.45, 2.75) is 97.5 Å². The molecule has 32 heteroatoms. The number of aliphatic carboxylic acids is 2. The molecule has 0 saturated heterocycles. The van der Waals surface area contributed by atoms with Crippen molar-refractivity contribution in [2.24, 2.45) is 64.9 Å².